The van der Waals surface area contributed by atoms with Crippen molar-refractivity contribution in [2.24, 2.45) is 11.1 Å². The highest BCUT2D eigenvalue weighted by Gasteiger charge is 2.28. The van der Waals surface area contributed by atoms with E-state index in [2.05, 4.69) is 32.0 Å². The number of rotatable bonds is 3. The van der Waals surface area contributed by atoms with Crippen LogP contribution in [-0.2, 0) is 6.42 Å². The molecule has 19 heavy (non-hydrogen) atoms. The molecule has 0 amide bonds. The van der Waals surface area contributed by atoms with Crippen LogP contribution in [0.4, 0.5) is 0 Å². The van der Waals surface area contributed by atoms with Gasteiger partial charge in [0.15, 0.2) is 0 Å². The molecule has 1 atom stereocenters. The summed E-state index contributed by atoms with van der Waals surface area (Å²) in [5.41, 5.74) is 8.94. The second-order valence-corrected chi connectivity index (χ2v) is 7.38. The Balaban J connectivity index is 2.09. The van der Waals surface area contributed by atoms with E-state index in [4.69, 9.17) is 17.3 Å². The summed E-state index contributed by atoms with van der Waals surface area (Å²) in [5.74, 6) is 0.643. The first-order valence-corrected chi connectivity index (χ1v) is 7.79. The predicted octanol–water partition coefficient (Wildman–Crippen LogP) is 4.91. The molecule has 2 N–H and O–H groups in total. The van der Waals surface area contributed by atoms with Gasteiger partial charge in [-0.15, -0.1) is 0 Å². The second kappa shape index (κ2) is 5.85. The first-order valence-electron chi connectivity index (χ1n) is 7.41. The molecule has 1 fully saturated rings. The van der Waals surface area contributed by atoms with E-state index in [9.17, 15) is 0 Å². The molecule has 0 aromatic heterocycles. The summed E-state index contributed by atoms with van der Waals surface area (Å²) in [6.07, 6.45) is 6.03. The summed E-state index contributed by atoms with van der Waals surface area (Å²) in [4.78, 5) is 0. The zero-order valence-electron chi connectivity index (χ0n) is 12.4. The van der Waals surface area contributed by atoms with Crippen LogP contribution in [0.1, 0.15) is 63.5 Å². The Hall–Kier alpha value is -0.530. The average molecular weight is 280 g/mol. The summed E-state index contributed by atoms with van der Waals surface area (Å²) >= 11 is 6.48. The van der Waals surface area contributed by atoms with Gasteiger partial charge in [-0.05, 0) is 67.6 Å². The fourth-order valence-corrected chi connectivity index (χ4v) is 3.47. The van der Waals surface area contributed by atoms with Crippen LogP contribution in [0.5, 0.6) is 0 Å². The van der Waals surface area contributed by atoms with Crippen molar-refractivity contribution in [1.82, 2.24) is 0 Å². The van der Waals surface area contributed by atoms with Gasteiger partial charge in [0, 0.05) is 11.1 Å². The van der Waals surface area contributed by atoms with Crippen molar-refractivity contribution < 1.29 is 0 Å². The third-order valence-electron chi connectivity index (χ3n) is 4.40. The van der Waals surface area contributed by atoms with Crippen molar-refractivity contribution in [3.05, 3.63) is 34.3 Å². The Morgan fingerprint density at radius 1 is 1.32 bits per heavy atom. The lowest BCUT2D eigenvalue weighted by molar-refractivity contribution is 0.224. The Bertz CT molecular complexity index is 427. The van der Waals surface area contributed by atoms with E-state index in [-0.39, 0.29) is 6.04 Å². The molecule has 2 rings (SSSR count). The SMILES string of the molecule is CC(N)Cc1ccc(C2CCC(C)(C)CC2)c(Cl)c1. The summed E-state index contributed by atoms with van der Waals surface area (Å²) in [5, 5.41) is 0.933. The van der Waals surface area contributed by atoms with Crippen LogP contribution >= 0.6 is 11.6 Å². The molecule has 1 aromatic carbocycles. The summed E-state index contributed by atoms with van der Waals surface area (Å²) in [6, 6.07) is 6.73. The van der Waals surface area contributed by atoms with Crippen molar-refractivity contribution in [1.29, 1.82) is 0 Å². The van der Waals surface area contributed by atoms with E-state index in [1.54, 1.807) is 0 Å². The van der Waals surface area contributed by atoms with Crippen molar-refractivity contribution in [3.63, 3.8) is 0 Å². The van der Waals surface area contributed by atoms with E-state index in [0.717, 1.165) is 11.4 Å². The molecular formula is C17H26ClN. The van der Waals surface area contributed by atoms with E-state index >= 15 is 0 Å². The second-order valence-electron chi connectivity index (χ2n) is 6.98. The van der Waals surface area contributed by atoms with E-state index < -0.39 is 0 Å². The maximum Gasteiger partial charge on any atom is 0.0443 e. The van der Waals surface area contributed by atoms with Crippen LogP contribution in [0.2, 0.25) is 5.02 Å². The Morgan fingerprint density at radius 2 is 1.95 bits per heavy atom. The number of benzene rings is 1. The molecule has 0 bridgehead atoms. The molecule has 1 nitrogen and oxygen atoms in total. The average Bonchev–Trinajstić information content (AvgIpc) is 2.29. The maximum absolute atomic E-state index is 6.48. The van der Waals surface area contributed by atoms with Gasteiger partial charge in [0.05, 0.1) is 0 Å². The molecule has 0 spiro atoms. The van der Waals surface area contributed by atoms with Crippen molar-refractivity contribution >= 4 is 11.6 Å². The number of hydrogen-bond donors (Lipinski definition) is 1. The van der Waals surface area contributed by atoms with Crippen molar-refractivity contribution in [3.8, 4) is 0 Å². The van der Waals surface area contributed by atoms with Crippen LogP contribution in [0.3, 0.4) is 0 Å². The lowest BCUT2D eigenvalue weighted by Crippen LogP contribution is -2.20. The molecule has 0 aliphatic heterocycles. The van der Waals surface area contributed by atoms with Gasteiger partial charge in [0.25, 0.3) is 0 Å². The third-order valence-corrected chi connectivity index (χ3v) is 4.73. The largest absolute Gasteiger partial charge is 0.328 e. The molecule has 1 unspecified atom stereocenters. The van der Waals surface area contributed by atoms with Gasteiger partial charge in [-0.25, -0.2) is 0 Å². The molecule has 106 valence electrons. The minimum Gasteiger partial charge on any atom is -0.328 e. The Labute approximate surface area is 122 Å². The van der Waals surface area contributed by atoms with Crippen LogP contribution in [0.15, 0.2) is 18.2 Å². The number of halogens is 1. The van der Waals surface area contributed by atoms with Crippen LogP contribution in [0.25, 0.3) is 0 Å². The van der Waals surface area contributed by atoms with Gasteiger partial charge in [0.2, 0.25) is 0 Å². The van der Waals surface area contributed by atoms with Gasteiger partial charge in [0.1, 0.15) is 0 Å². The quantitative estimate of drug-likeness (QED) is 0.835. The first-order chi connectivity index (χ1) is 8.87. The highest BCUT2D eigenvalue weighted by Crippen LogP contribution is 2.44. The predicted molar refractivity (Wildman–Crippen MR) is 83.8 cm³/mol. The van der Waals surface area contributed by atoms with Crippen molar-refractivity contribution in [2.75, 3.05) is 0 Å². The molecule has 2 heteroatoms. The standard InChI is InChI=1S/C17H26ClN/c1-12(19)10-13-4-5-15(16(18)11-13)14-6-8-17(2,3)9-7-14/h4-5,11-12,14H,6-10,19H2,1-3H3. The first kappa shape index (κ1) is 14.9. The van der Waals surface area contributed by atoms with E-state index in [0.29, 0.717) is 11.3 Å². The molecule has 0 radical (unpaired) electrons. The van der Waals surface area contributed by atoms with Crippen LogP contribution in [-0.4, -0.2) is 6.04 Å². The molecule has 1 aliphatic rings. The highest BCUT2D eigenvalue weighted by molar-refractivity contribution is 6.31. The topological polar surface area (TPSA) is 26.0 Å². The normalized spacial score (nSPS) is 21.3. The lowest BCUT2D eigenvalue weighted by atomic mass is 9.71. The minimum atomic E-state index is 0.192. The smallest absolute Gasteiger partial charge is 0.0443 e. The molecular weight excluding hydrogens is 254 g/mol. The van der Waals surface area contributed by atoms with Crippen LogP contribution < -0.4 is 5.73 Å². The van der Waals surface area contributed by atoms with Crippen molar-refractivity contribution in [2.45, 2.75) is 64.8 Å². The van der Waals surface area contributed by atoms with Gasteiger partial charge in [-0.3, -0.25) is 0 Å². The molecule has 1 saturated carbocycles. The third kappa shape index (κ3) is 3.97. The zero-order chi connectivity index (χ0) is 14.0. The Morgan fingerprint density at radius 3 is 2.47 bits per heavy atom. The number of hydrogen-bond acceptors (Lipinski definition) is 1. The summed E-state index contributed by atoms with van der Waals surface area (Å²) in [6.45, 7) is 6.78. The zero-order valence-corrected chi connectivity index (χ0v) is 13.1. The Kier molecular flexibility index (Phi) is 4.58. The highest BCUT2D eigenvalue weighted by atomic mass is 35.5. The molecule has 0 saturated heterocycles. The van der Waals surface area contributed by atoms with Gasteiger partial charge < -0.3 is 5.73 Å². The van der Waals surface area contributed by atoms with Crippen LogP contribution in [0, 0.1) is 5.41 Å². The number of nitrogens with two attached hydrogens (primary N) is 1. The summed E-state index contributed by atoms with van der Waals surface area (Å²) < 4.78 is 0. The van der Waals surface area contributed by atoms with E-state index in [1.807, 2.05) is 6.92 Å². The van der Waals surface area contributed by atoms with Gasteiger partial charge >= 0.3 is 0 Å². The van der Waals surface area contributed by atoms with Gasteiger partial charge in [-0.1, -0.05) is 37.6 Å². The minimum absolute atomic E-state index is 0.192. The maximum atomic E-state index is 6.48. The molecule has 1 aliphatic carbocycles. The van der Waals surface area contributed by atoms with Gasteiger partial charge in [-0.2, -0.15) is 0 Å². The summed E-state index contributed by atoms with van der Waals surface area (Å²) in [7, 11) is 0. The monoisotopic (exact) mass is 279 g/mol. The van der Waals surface area contributed by atoms with E-state index in [1.165, 1.54) is 36.8 Å². The fourth-order valence-electron chi connectivity index (χ4n) is 3.11. The fraction of sp³-hybridized carbons (Fsp3) is 0.647. The molecule has 1 aromatic rings. The molecule has 0 heterocycles. The lowest BCUT2D eigenvalue weighted by Gasteiger charge is -2.34.